The standard InChI is InChI=1S/C20H27N3O3S.HI/c1-4-17(15-27(24,25)19-8-6-5-7-9-19)23-20(21-2)22-14-16-10-12-18(26-3)13-11-16;/h5-13,17H,4,14-15H2,1-3H3,(H2,21,22,23);1H. The van der Waals surface area contributed by atoms with Gasteiger partial charge in [0.25, 0.3) is 0 Å². The fourth-order valence-electron chi connectivity index (χ4n) is 2.57. The van der Waals surface area contributed by atoms with Gasteiger partial charge >= 0.3 is 0 Å². The Bertz CT molecular complexity index is 841. The molecule has 0 aliphatic heterocycles. The van der Waals surface area contributed by atoms with E-state index in [1.165, 1.54) is 0 Å². The van der Waals surface area contributed by atoms with Gasteiger partial charge in [0.2, 0.25) is 0 Å². The molecule has 2 N–H and O–H groups in total. The van der Waals surface area contributed by atoms with Crippen molar-refractivity contribution in [3.63, 3.8) is 0 Å². The highest BCUT2D eigenvalue weighted by atomic mass is 127. The molecular formula is C20H28IN3O3S. The number of methoxy groups -OCH3 is 1. The van der Waals surface area contributed by atoms with Gasteiger partial charge in [-0.2, -0.15) is 0 Å². The molecule has 0 amide bonds. The predicted octanol–water partition coefficient (Wildman–Crippen LogP) is 3.23. The van der Waals surface area contributed by atoms with E-state index in [0.717, 1.165) is 11.3 Å². The number of benzene rings is 2. The molecule has 6 nitrogen and oxygen atoms in total. The third-order valence-corrected chi connectivity index (χ3v) is 6.03. The lowest BCUT2D eigenvalue weighted by Crippen LogP contribution is -2.45. The van der Waals surface area contributed by atoms with E-state index in [0.29, 0.717) is 23.8 Å². The number of halogens is 1. The first-order valence-corrected chi connectivity index (χ1v) is 10.5. The molecule has 8 heteroatoms. The number of hydrogen-bond acceptors (Lipinski definition) is 4. The highest BCUT2D eigenvalue weighted by Gasteiger charge is 2.20. The molecule has 0 spiro atoms. The minimum Gasteiger partial charge on any atom is -0.497 e. The monoisotopic (exact) mass is 517 g/mol. The zero-order chi connectivity index (χ0) is 19.7. The van der Waals surface area contributed by atoms with Crippen LogP contribution >= 0.6 is 24.0 Å². The van der Waals surface area contributed by atoms with E-state index in [1.54, 1.807) is 44.5 Å². The first-order chi connectivity index (χ1) is 13.0. The average Bonchev–Trinajstić information content (AvgIpc) is 2.71. The average molecular weight is 517 g/mol. The lowest BCUT2D eigenvalue weighted by atomic mass is 10.2. The molecule has 154 valence electrons. The molecule has 0 aliphatic carbocycles. The predicted molar refractivity (Wildman–Crippen MR) is 124 cm³/mol. The van der Waals surface area contributed by atoms with E-state index >= 15 is 0 Å². The summed E-state index contributed by atoms with van der Waals surface area (Å²) in [7, 11) is -0.0586. The van der Waals surface area contributed by atoms with Crippen molar-refractivity contribution in [3.8, 4) is 5.75 Å². The van der Waals surface area contributed by atoms with Gasteiger partial charge in [0.15, 0.2) is 15.8 Å². The van der Waals surface area contributed by atoms with Crippen molar-refractivity contribution >= 4 is 39.8 Å². The molecule has 0 saturated carbocycles. The normalized spacial score (nSPS) is 12.6. The Kier molecular flexibility index (Phi) is 10.3. The van der Waals surface area contributed by atoms with E-state index in [4.69, 9.17) is 4.74 Å². The summed E-state index contributed by atoms with van der Waals surface area (Å²) >= 11 is 0. The topological polar surface area (TPSA) is 79.8 Å². The van der Waals surface area contributed by atoms with Gasteiger partial charge in [-0.1, -0.05) is 37.3 Å². The van der Waals surface area contributed by atoms with E-state index in [-0.39, 0.29) is 35.8 Å². The van der Waals surface area contributed by atoms with Crippen molar-refractivity contribution in [2.24, 2.45) is 4.99 Å². The number of sulfone groups is 1. The number of nitrogens with one attached hydrogen (secondary N) is 2. The summed E-state index contributed by atoms with van der Waals surface area (Å²) in [5.41, 5.74) is 1.07. The maximum Gasteiger partial charge on any atom is 0.191 e. The molecule has 0 bridgehead atoms. The lowest BCUT2D eigenvalue weighted by molar-refractivity contribution is 0.414. The number of aliphatic imine (C=N–C) groups is 1. The number of nitrogens with zero attached hydrogens (tertiary/aromatic N) is 1. The first-order valence-electron chi connectivity index (χ1n) is 8.86. The maximum absolute atomic E-state index is 12.6. The molecule has 0 heterocycles. The zero-order valence-electron chi connectivity index (χ0n) is 16.4. The smallest absolute Gasteiger partial charge is 0.191 e. The summed E-state index contributed by atoms with van der Waals surface area (Å²) in [6.45, 7) is 2.53. The summed E-state index contributed by atoms with van der Waals surface area (Å²) in [6.07, 6.45) is 0.662. The van der Waals surface area contributed by atoms with Crippen LogP contribution in [-0.2, 0) is 16.4 Å². The molecule has 2 rings (SSSR count). The van der Waals surface area contributed by atoms with E-state index in [2.05, 4.69) is 15.6 Å². The molecular weight excluding hydrogens is 489 g/mol. The Morgan fingerprint density at radius 3 is 2.29 bits per heavy atom. The molecule has 0 fully saturated rings. The Labute approximate surface area is 184 Å². The Morgan fingerprint density at radius 1 is 1.11 bits per heavy atom. The molecule has 0 aromatic heterocycles. The summed E-state index contributed by atoms with van der Waals surface area (Å²) in [5.74, 6) is 1.39. The molecule has 1 atom stereocenters. The van der Waals surface area contributed by atoms with Gasteiger partial charge < -0.3 is 15.4 Å². The van der Waals surface area contributed by atoms with Gasteiger partial charge in [0, 0.05) is 19.6 Å². The van der Waals surface area contributed by atoms with Crippen molar-refractivity contribution in [2.75, 3.05) is 19.9 Å². The third kappa shape index (κ3) is 7.31. The van der Waals surface area contributed by atoms with E-state index < -0.39 is 9.84 Å². The highest BCUT2D eigenvalue weighted by Crippen LogP contribution is 2.13. The summed E-state index contributed by atoms with van der Waals surface area (Å²) in [4.78, 5) is 4.54. The minimum absolute atomic E-state index is 0. The second-order valence-corrected chi connectivity index (χ2v) is 8.15. The SMILES string of the molecule is CCC(CS(=O)(=O)c1ccccc1)NC(=NC)NCc1ccc(OC)cc1.I. The Balaban J connectivity index is 0.00000392. The van der Waals surface area contributed by atoms with Gasteiger partial charge in [-0.25, -0.2) is 8.42 Å². The highest BCUT2D eigenvalue weighted by molar-refractivity contribution is 14.0. The van der Waals surface area contributed by atoms with Gasteiger partial charge in [-0.05, 0) is 36.2 Å². The summed E-state index contributed by atoms with van der Waals surface area (Å²) in [6, 6.07) is 16.0. The van der Waals surface area contributed by atoms with Crippen LogP contribution in [0.1, 0.15) is 18.9 Å². The molecule has 2 aromatic rings. The number of ether oxygens (including phenoxy) is 1. The van der Waals surface area contributed by atoms with Crippen LogP contribution in [0.3, 0.4) is 0 Å². The van der Waals surface area contributed by atoms with Crippen LogP contribution in [0.15, 0.2) is 64.5 Å². The van der Waals surface area contributed by atoms with Gasteiger partial charge in [0.1, 0.15) is 5.75 Å². The number of rotatable bonds is 8. The molecule has 0 radical (unpaired) electrons. The molecule has 0 aliphatic rings. The first kappa shape index (κ1) is 24.2. The number of guanidine groups is 1. The Hall–Kier alpha value is -1.81. The summed E-state index contributed by atoms with van der Waals surface area (Å²) < 4.78 is 30.4. The van der Waals surface area contributed by atoms with Crippen LogP contribution in [0.25, 0.3) is 0 Å². The maximum atomic E-state index is 12.6. The van der Waals surface area contributed by atoms with Crippen molar-refractivity contribution in [1.82, 2.24) is 10.6 Å². The zero-order valence-corrected chi connectivity index (χ0v) is 19.5. The van der Waals surface area contributed by atoms with Gasteiger partial charge in [0.05, 0.1) is 17.8 Å². The minimum atomic E-state index is -3.36. The summed E-state index contributed by atoms with van der Waals surface area (Å²) in [5, 5.41) is 6.42. The largest absolute Gasteiger partial charge is 0.497 e. The van der Waals surface area contributed by atoms with Crippen molar-refractivity contribution < 1.29 is 13.2 Å². The van der Waals surface area contributed by atoms with Gasteiger partial charge in [-0.3, -0.25) is 4.99 Å². The Morgan fingerprint density at radius 2 is 1.75 bits per heavy atom. The third-order valence-electron chi connectivity index (χ3n) is 4.20. The van der Waals surface area contributed by atoms with Crippen LogP contribution < -0.4 is 15.4 Å². The second-order valence-electron chi connectivity index (χ2n) is 6.12. The fraction of sp³-hybridized carbons (Fsp3) is 0.350. The number of hydrogen-bond donors (Lipinski definition) is 2. The van der Waals surface area contributed by atoms with Crippen molar-refractivity contribution in [3.05, 3.63) is 60.2 Å². The quantitative estimate of drug-likeness (QED) is 0.320. The van der Waals surface area contributed by atoms with Crippen LogP contribution in [0, 0.1) is 0 Å². The van der Waals surface area contributed by atoms with E-state index in [9.17, 15) is 8.42 Å². The van der Waals surface area contributed by atoms with Crippen LogP contribution in [-0.4, -0.2) is 40.3 Å². The second kappa shape index (κ2) is 11.9. The lowest BCUT2D eigenvalue weighted by Gasteiger charge is -2.20. The van der Waals surface area contributed by atoms with Crippen molar-refractivity contribution in [2.45, 2.75) is 30.8 Å². The van der Waals surface area contributed by atoms with Crippen LogP contribution in [0.2, 0.25) is 0 Å². The molecule has 0 saturated heterocycles. The van der Waals surface area contributed by atoms with E-state index in [1.807, 2.05) is 31.2 Å². The van der Waals surface area contributed by atoms with Crippen LogP contribution in [0.4, 0.5) is 0 Å². The van der Waals surface area contributed by atoms with Crippen molar-refractivity contribution in [1.29, 1.82) is 0 Å². The van der Waals surface area contributed by atoms with Gasteiger partial charge in [-0.15, -0.1) is 24.0 Å². The molecule has 28 heavy (non-hydrogen) atoms. The fourth-order valence-corrected chi connectivity index (χ4v) is 4.18. The molecule has 2 aromatic carbocycles. The van der Waals surface area contributed by atoms with Crippen LogP contribution in [0.5, 0.6) is 5.75 Å². The molecule has 1 unspecified atom stereocenters.